The third-order valence-electron chi connectivity index (χ3n) is 5.00. The Labute approximate surface area is 194 Å². The predicted molar refractivity (Wildman–Crippen MR) is 130 cm³/mol. The van der Waals surface area contributed by atoms with Crippen molar-refractivity contribution in [2.24, 2.45) is 4.99 Å². The lowest BCUT2D eigenvalue weighted by molar-refractivity contribution is 0.312. The fourth-order valence-electron chi connectivity index (χ4n) is 3.28. The van der Waals surface area contributed by atoms with Gasteiger partial charge in [-0.3, -0.25) is 4.99 Å². The summed E-state index contributed by atoms with van der Waals surface area (Å²) >= 11 is 6.51. The lowest BCUT2D eigenvalue weighted by Gasteiger charge is -2.35. The van der Waals surface area contributed by atoms with Gasteiger partial charge in [0, 0.05) is 68.2 Å². The molecule has 0 unspecified atom stereocenters. The molecule has 8 heteroatoms. The highest BCUT2D eigenvalue weighted by Gasteiger charge is 2.18. The van der Waals surface area contributed by atoms with Gasteiger partial charge >= 0.3 is 0 Å². The quantitative estimate of drug-likeness (QED) is 0.351. The van der Waals surface area contributed by atoms with Crippen LogP contribution in [0.25, 0.3) is 0 Å². The maximum atomic E-state index is 13.8. The molecule has 1 saturated heterocycles. The second kappa shape index (κ2) is 11.6. The molecule has 1 fully saturated rings. The number of nitrogens with one attached hydrogen (secondary N) is 2. The van der Waals surface area contributed by atoms with E-state index in [1.165, 1.54) is 6.07 Å². The second-order valence-electron chi connectivity index (χ2n) is 6.90. The van der Waals surface area contributed by atoms with E-state index in [0.29, 0.717) is 24.6 Å². The summed E-state index contributed by atoms with van der Waals surface area (Å²) in [6.45, 7) is 4.92. The van der Waals surface area contributed by atoms with Crippen LogP contribution >= 0.6 is 35.6 Å². The van der Waals surface area contributed by atoms with E-state index in [1.807, 2.05) is 18.2 Å². The molecule has 0 aromatic heterocycles. The fraction of sp³-hybridized carbons (Fsp3) is 0.381. The number of hydrogen-bond donors (Lipinski definition) is 2. The summed E-state index contributed by atoms with van der Waals surface area (Å²) in [5, 5.41) is 7.19. The lowest BCUT2D eigenvalue weighted by atomic mass is 10.1. The van der Waals surface area contributed by atoms with Gasteiger partial charge in [-0.05, 0) is 25.2 Å². The Morgan fingerprint density at radius 3 is 2.41 bits per heavy atom. The highest BCUT2D eigenvalue weighted by Crippen LogP contribution is 2.28. The molecule has 0 saturated carbocycles. The largest absolute Gasteiger partial charge is 0.369 e. The Kier molecular flexibility index (Phi) is 9.45. The predicted octanol–water partition coefficient (Wildman–Crippen LogP) is 3.71. The van der Waals surface area contributed by atoms with Crippen molar-refractivity contribution in [2.75, 3.05) is 45.2 Å². The van der Waals surface area contributed by atoms with Crippen LogP contribution in [0, 0.1) is 5.82 Å². The molecule has 5 nitrogen and oxygen atoms in total. The number of hydrogen-bond acceptors (Lipinski definition) is 3. The van der Waals surface area contributed by atoms with E-state index in [-0.39, 0.29) is 29.8 Å². The smallest absolute Gasteiger partial charge is 0.191 e. The maximum Gasteiger partial charge on any atom is 0.191 e. The first kappa shape index (κ1) is 23.7. The first-order valence-corrected chi connectivity index (χ1v) is 9.85. The van der Waals surface area contributed by atoms with E-state index in [0.717, 1.165) is 42.5 Å². The molecule has 29 heavy (non-hydrogen) atoms. The lowest BCUT2D eigenvalue weighted by Crippen LogP contribution is -2.45. The third-order valence-corrected chi connectivity index (χ3v) is 5.35. The van der Waals surface area contributed by atoms with Gasteiger partial charge in [0.1, 0.15) is 5.82 Å². The van der Waals surface area contributed by atoms with Crippen LogP contribution in [0.15, 0.2) is 47.5 Å². The van der Waals surface area contributed by atoms with Gasteiger partial charge in [0.05, 0.1) is 0 Å². The fourth-order valence-corrected chi connectivity index (χ4v) is 3.52. The van der Waals surface area contributed by atoms with Gasteiger partial charge < -0.3 is 20.4 Å². The number of guanidine groups is 1. The SMILES string of the molecule is CN=C(NCc1ccccc1F)NCc1c(Cl)cccc1N1CCN(C)CC1.I. The Morgan fingerprint density at radius 1 is 1.03 bits per heavy atom. The average Bonchev–Trinajstić information content (AvgIpc) is 2.70. The highest BCUT2D eigenvalue weighted by atomic mass is 127. The molecule has 2 N–H and O–H groups in total. The Morgan fingerprint density at radius 2 is 1.72 bits per heavy atom. The van der Waals surface area contributed by atoms with Gasteiger partial charge in [-0.1, -0.05) is 35.9 Å². The molecule has 2 aromatic rings. The van der Waals surface area contributed by atoms with Crippen molar-refractivity contribution in [3.8, 4) is 0 Å². The van der Waals surface area contributed by atoms with Gasteiger partial charge in [0.15, 0.2) is 5.96 Å². The molecule has 0 amide bonds. The molecule has 158 valence electrons. The maximum absolute atomic E-state index is 13.8. The van der Waals surface area contributed by atoms with E-state index < -0.39 is 0 Å². The van der Waals surface area contributed by atoms with Crippen molar-refractivity contribution in [3.63, 3.8) is 0 Å². The van der Waals surface area contributed by atoms with Gasteiger partial charge in [-0.15, -0.1) is 24.0 Å². The van der Waals surface area contributed by atoms with Crippen LogP contribution in [0.3, 0.4) is 0 Å². The normalized spacial score (nSPS) is 15.0. The monoisotopic (exact) mass is 531 g/mol. The summed E-state index contributed by atoms with van der Waals surface area (Å²) in [5.41, 5.74) is 2.79. The summed E-state index contributed by atoms with van der Waals surface area (Å²) in [5.74, 6) is 0.376. The zero-order chi connectivity index (χ0) is 19.9. The van der Waals surface area contributed by atoms with Gasteiger partial charge in [0.25, 0.3) is 0 Å². The number of rotatable bonds is 5. The number of benzene rings is 2. The molecule has 0 radical (unpaired) electrons. The third kappa shape index (κ3) is 6.45. The van der Waals surface area contributed by atoms with E-state index in [9.17, 15) is 4.39 Å². The molecular formula is C21H28ClFIN5. The Balaban J connectivity index is 0.00000300. The van der Waals surface area contributed by atoms with Crippen molar-refractivity contribution in [1.29, 1.82) is 0 Å². The van der Waals surface area contributed by atoms with Crippen LogP contribution in [0.2, 0.25) is 5.02 Å². The van der Waals surface area contributed by atoms with Crippen molar-refractivity contribution >= 4 is 47.2 Å². The van der Waals surface area contributed by atoms with Crippen LogP contribution in [0.1, 0.15) is 11.1 Å². The van der Waals surface area contributed by atoms with Crippen LogP contribution in [0.4, 0.5) is 10.1 Å². The van der Waals surface area contributed by atoms with Crippen LogP contribution < -0.4 is 15.5 Å². The number of piperazine rings is 1. The van der Waals surface area contributed by atoms with E-state index in [1.54, 1.807) is 19.2 Å². The molecule has 0 spiro atoms. The molecule has 0 bridgehead atoms. The number of halogens is 3. The number of aliphatic imine (C=N–C) groups is 1. The van der Waals surface area contributed by atoms with Crippen molar-refractivity contribution < 1.29 is 4.39 Å². The summed E-state index contributed by atoms with van der Waals surface area (Å²) < 4.78 is 13.8. The molecule has 3 rings (SSSR count). The summed E-state index contributed by atoms with van der Waals surface area (Å²) in [7, 11) is 3.84. The number of nitrogens with zero attached hydrogens (tertiary/aromatic N) is 3. The van der Waals surface area contributed by atoms with E-state index in [4.69, 9.17) is 11.6 Å². The highest BCUT2D eigenvalue weighted by molar-refractivity contribution is 14.0. The average molecular weight is 532 g/mol. The molecule has 0 atom stereocenters. The van der Waals surface area contributed by atoms with Crippen LogP contribution in [0.5, 0.6) is 0 Å². The Hall–Kier alpha value is -1.58. The van der Waals surface area contributed by atoms with Gasteiger partial charge in [0.2, 0.25) is 0 Å². The molecule has 1 heterocycles. The van der Waals surface area contributed by atoms with Crippen LogP contribution in [-0.2, 0) is 13.1 Å². The minimum absolute atomic E-state index is 0. The van der Waals surface area contributed by atoms with E-state index >= 15 is 0 Å². The van der Waals surface area contributed by atoms with Crippen LogP contribution in [-0.4, -0.2) is 51.1 Å². The van der Waals surface area contributed by atoms with Crippen molar-refractivity contribution in [2.45, 2.75) is 13.1 Å². The van der Waals surface area contributed by atoms with Crippen molar-refractivity contribution in [3.05, 3.63) is 64.4 Å². The zero-order valence-corrected chi connectivity index (χ0v) is 19.9. The molecule has 1 aliphatic heterocycles. The zero-order valence-electron chi connectivity index (χ0n) is 16.8. The summed E-state index contributed by atoms with van der Waals surface area (Å²) in [6.07, 6.45) is 0. The first-order valence-electron chi connectivity index (χ1n) is 9.47. The Bertz CT molecular complexity index is 824. The standard InChI is InChI=1S/C21H27ClFN5.HI/c1-24-21(25-14-16-6-3-4-8-19(16)23)26-15-17-18(22)7-5-9-20(17)28-12-10-27(2)11-13-28;/h3-9H,10-15H2,1-2H3,(H2,24,25,26);1H. The number of likely N-dealkylation sites (N-methyl/N-ethyl adjacent to an activating group) is 1. The first-order chi connectivity index (χ1) is 13.6. The van der Waals surface area contributed by atoms with Crippen molar-refractivity contribution in [1.82, 2.24) is 15.5 Å². The van der Waals surface area contributed by atoms with Gasteiger partial charge in [-0.2, -0.15) is 0 Å². The van der Waals surface area contributed by atoms with Gasteiger partial charge in [-0.25, -0.2) is 4.39 Å². The van der Waals surface area contributed by atoms with E-state index in [2.05, 4.69) is 38.5 Å². The molecule has 0 aliphatic carbocycles. The number of anilines is 1. The minimum Gasteiger partial charge on any atom is -0.369 e. The molecule has 1 aliphatic rings. The minimum atomic E-state index is -0.228. The second-order valence-corrected chi connectivity index (χ2v) is 7.31. The molecule has 2 aromatic carbocycles. The summed E-state index contributed by atoms with van der Waals surface area (Å²) in [4.78, 5) is 8.94. The topological polar surface area (TPSA) is 42.9 Å². The summed E-state index contributed by atoms with van der Waals surface area (Å²) in [6, 6.07) is 12.7. The molecular weight excluding hydrogens is 504 g/mol.